The molecule has 0 N–H and O–H groups in total. The van der Waals surface area contributed by atoms with Crippen LogP contribution in [0.4, 0.5) is 17.6 Å². The minimum Gasteiger partial charge on any atom is -0.374 e. The molecule has 1 aliphatic rings. The van der Waals surface area contributed by atoms with Crippen LogP contribution in [0.3, 0.4) is 0 Å². The van der Waals surface area contributed by atoms with Crippen molar-refractivity contribution in [2.75, 3.05) is 13.2 Å². The largest absolute Gasteiger partial charge is 0.374 e. The summed E-state index contributed by atoms with van der Waals surface area (Å²) in [6.07, 6.45) is -3.14. The third-order valence-electron chi connectivity index (χ3n) is 3.90. The van der Waals surface area contributed by atoms with Gasteiger partial charge in [0.15, 0.2) is 0 Å². The maximum atomic E-state index is 12.7. The number of amides is 1. The van der Waals surface area contributed by atoms with E-state index in [0.29, 0.717) is 6.54 Å². The summed E-state index contributed by atoms with van der Waals surface area (Å²) in [7, 11) is 0. The average molecular weight is 333 g/mol. The first-order chi connectivity index (χ1) is 10.8. The maximum Gasteiger partial charge on any atom is 0.330 e. The van der Waals surface area contributed by atoms with Crippen LogP contribution in [-0.4, -0.2) is 42.4 Å². The maximum absolute atomic E-state index is 12.7. The fourth-order valence-electron chi connectivity index (χ4n) is 2.59. The second kappa shape index (κ2) is 7.29. The molecule has 1 amide bonds. The number of benzene rings is 1. The molecule has 0 saturated carbocycles. The van der Waals surface area contributed by atoms with Gasteiger partial charge >= 0.3 is 12.3 Å². The molecule has 0 aliphatic carbocycles. The number of ether oxygens (including phenoxy) is 1. The number of nitrogens with zero attached hydrogens (tertiary/aromatic N) is 1. The molecule has 1 heterocycles. The molecule has 1 aliphatic heterocycles. The Bertz CT molecular complexity index is 551. The van der Waals surface area contributed by atoms with E-state index in [1.165, 1.54) is 5.56 Å². The molecule has 1 aromatic carbocycles. The second-order valence-corrected chi connectivity index (χ2v) is 5.71. The smallest absolute Gasteiger partial charge is 0.330 e. The van der Waals surface area contributed by atoms with Crippen molar-refractivity contribution >= 4 is 5.91 Å². The van der Waals surface area contributed by atoms with E-state index < -0.39 is 19.0 Å². The van der Waals surface area contributed by atoms with E-state index in [0.717, 1.165) is 12.0 Å². The molecule has 3 nitrogen and oxygen atoms in total. The van der Waals surface area contributed by atoms with Crippen molar-refractivity contribution < 1.29 is 27.1 Å². The van der Waals surface area contributed by atoms with Gasteiger partial charge in [-0.05, 0) is 24.5 Å². The lowest BCUT2D eigenvalue weighted by molar-refractivity contribution is -0.167. The SMILES string of the molecule is CC1Cc2ccccc2CN1C(=O)CCOCC(F)(F)C(F)F. The first kappa shape index (κ1) is 17.7. The molecule has 1 unspecified atom stereocenters. The summed E-state index contributed by atoms with van der Waals surface area (Å²) in [4.78, 5) is 13.9. The van der Waals surface area contributed by atoms with Crippen LogP contribution in [0.15, 0.2) is 24.3 Å². The van der Waals surface area contributed by atoms with Crippen molar-refractivity contribution in [1.82, 2.24) is 4.90 Å². The standard InChI is InChI=1S/C16H19F4NO2/c1-11-8-12-4-2-3-5-13(12)9-21(11)14(22)6-7-23-10-16(19,20)15(17)18/h2-5,11,15H,6-10H2,1H3. The molecular weight excluding hydrogens is 314 g/mol. The topological polar surface area (TPSA) is 29.5 Å². The van der Waals surface area contributed by atoms with Gasteiger partial charge in [-0.1, -0.05) is 24.3 Å². The van der Waals surface area contributed by atoms with Gasteiger partial charge in [0.2, 0.25) is 5.91 Å². The Labute approximate surface area is 132 Å². The highest BCUT2D eigenvalue weighted by molar-refractivity contribution is 5.77. The van der Waals surface area contributed by atoms with Crippen LogP contribution in [0, 0.1) is 0 Å². The molecule has 1 aromatic rings. The van der Waals surface area contributed by atoms with Gasteiger partial charge in [0.1, 0.15) is 6.61 Å². The van der Waals surface area contributed by atoms with Gasteiger partial charge < -0.3 is 9.64 Å². The molecule has 0 fully saturated rings. The normalized spacial score (nSPS) is 18.2. The molecule has 0 radical (unpaired) electrons. The van der Waals surface area contributed by atoms with E-state index >= 15 is 0 Å². The van der Waals surface area contributed by atoms with E-state index in [1.807, 2.05) is 31.2 Å². The molecule has 23 heavy (non-hydrogen) atoms. The quantitative estimate of drug-likeness (QED) is 0.591. The summed E-state index contributed by atoms with van der Waals surface area (Å²) in [6, 6.07) is 7.80. The Hall–Kier alpha value is -1.63. The summed E-state index contributed by atoms with van der Waals surface area (Å²) in [5.41, 5.74) is 2.25. The molecule has 7 heteroatoms. The Morgan fingerprint density at radius 1 is 1.35 bits per heavy atom. The third-order valence-corrected chi connectivity index (χ3v) is 3.90. The number of rotatable bonds is 6. The van der Waals surface area contributed by atoms with E-state index in [-0.39, 0.29) is 25.0 Å². The highest BCUT2D eigenvalue weighted by Gasteiger charge is 2.41. The average Bonchev–Trinajstić information content (AvgIpc) is 2.50. The Morgan fingerprint density at radius 2 is 2.00 bits per heavy atom. The van der Waals surface area contributed by atoms with E-state index in [9.17, 15) is 22.4 Å². The summed E-state index contributed by atoms with van der Waals surface area (Å²) in [5.74, 6) is -4.41. The zero-order valence-corrected chi connectivity index (χ0v) is 12.8. The molecule has 0 bridgehead atoms. The molecule has 0 aromatic heterocycles. The molecular formula is C16H19F4NO2. The van der Waals surface area contributed by atoms with Crippen molar-refractivity contribution in [2.45, 2.75) is 44.7 Å². The fraction of sp³-hybridized carbons (Fsp3) is 0.562. The fourth-order valence-corrected chi connectivity index (χ4v) is 2.59. The Morgan fingerprint density at radius 3 is 2.65 bits per heavy atom. The van der Waals surface area contributed by atoms with Crippen LogP contribution in [-0.2, 0) is 22.5 Å². The number of hydrogen-bond donors (Lipinski definition) is 0. The Kier molecular flexibility index (Phi) is 5.62. The highest BCUT2D eigenvalue weighted by atomic mass is 19.3. The highest BCUT2D eigenvalue weighted by Crippen LogP contribution is 2.24. The van der Waals surface area contributed by atoms with Crippen LogP contribution < -0.4 is 0 Å². The van der Waals surface area contributed by atoms with E-state index in [4.69, 9.17) is 0 Å². The lowest BCUT2D eigenvalue weighted by atomic mass is 9.94. The lowest BCUT2D eigenvalue weighted by Crippen LogP contribution is -2.43. The predicted octanol–water partition coefficient (Wildman–Crippen LogP) is 3.27. The van der Waals surface area contributed by atoms with Gasteiger partial charge in [-0.3, -0.25) is 4.79 Å². The van der Waals surface area contributed by atoms with Crippen molar-refractivity contribution in [2.24, 2.45) is 0 Å². The zero-order valence-electron chi connectivity index (χ0n) is 12.8. The van der Waals surface area contributed by atoms with Crippen LogP contribution in [0.2, 0.25) is 0 Å². The number of carbonyl (C=O) groups is 1. The molecule has 2 rings (SSSR count). The third kappa shape index (κ3) is 4.43. The van der Waals surface area contributed by atoms with Gasteiger partial charge in [0.05, 0.1) is 13.0 Å². The number of halogens is 4. The van der Waals surface area contributed by atoms with Crippen LogP contribution in [0.5, 0.6) is 0 Å². The second-order valence-electron chi connectivity index (χ2n) is 5.71. The zero-order chi connectivity index (χ0) is 17.0. The van der Waals surface area contributed by atoms with Crippen molar-refractivity contribution in [3.63, 3.8) is 0 Å². The molecule has 0 spiro atoms. The summed E-state index contributed by atoms with van der Waals surface area (Å²) in [5, 5.41) is 0. The van der Waals surface area contributed by atoms with Crippen molar-refractivity contribution in [1.29, 1.82) is 0 Å². The number of alkyl halides is 4. The van der Waals surface area contributed by atoms with Gasteiger partial charge in [0, 0.05) is 12.6 Å². The minimum absolute atomic E-state index is 0.0000880. The first-order valence-electron chi connectivity index (χ1n) is 7.41. The van der Waals surface area contributed by atoms with Crippen LogP contribution >= 0.6 is 0 Å². The number of fused-ring (bicyclic) bond motifs is 1. The van der Waals surface area contributed by atoms with Gasteiger partial charge in [0.25, 0.3) is 0 Å². The van der Waals surface area contributed by atoms with Gasteiger partial charge in [-0.25, -0.2) is 8.78 Å². The number of carbonyl (C=O) groups excluding carboxylic acids is 1. The number of hydrogen-bond acceptors (Lipinski definition) is 2. The first-order valence-corrected chi connectivity index (χ1v) is 7.41. The van der Waals surface area contributed by atoms with E-state index in [2.05, 4.69) is 4.74 Å². The van der Waals surface area contributed by atoms with Crippen molar-refractivity contribution in [3.8, 4) is 0 Å². The molecule has 1 atom stereocenters. The lowest BCUT2D eigenvalue weighted by Gasteiger charge is -2.35. The summed E-state index contributed by atoms with van der Waals surface area (Å²) in [6.45, 7) is 0.700. The molecule has 0 saturated heterocycles. The van der Waals surface area contributed by atoms with Gasteiger partial charge in [-0.2, -0.15) is 8.78 Å². The monoisotopic (exact) mass is 333 g/mol. The van der Waals surface area contributed by atoms with E-state index in [1.54, 1.807) is 4.90 Å². The minimum atomic E-state index is -4.18. The van der Waals surface area contributed by atoms with Crippen LogP contribution in [0.25, 0.3) is 0 Å². The summed E-state index contributed by atoms with van der Waals surface area (Å²) < 4.78 is 53.9. The summed E-state index contributed by atoms with van der Waals surface area (Å²) >= 11 is 0. The Balaban J connectivity index is 1.82. The molecule has 128 valence electrons. The predicted molar refractivity (Wildman–Crippen MR) is 76.5 cm³/mol. The van der Waals surface area contributed by atoms with Crippen LogP contribution in [0.1, 0.15) is 24.5 Å². The van der Waals surface area contributed by atoms with Gasteiger partial charge in [-0.15, -0.1) is 0 Å². The van der Waals surface area contributed by atoms with Crippen molar-refractivity contribution in [3.05, 3.63) is 35.4 Å².